The largest absolute Gasteiger partial charge is 0.462 e. The van der Waals surface area contributed by atoms with Gasteiger partial charge in [0.1, 0.15) is 6.10 Å². The second-order valence-corrected chi connectivity index (χ2v) is 3.99. The van der Waals surface area contributed by atoms with Crippen molar-refractivity contribution in [1.29, 1.82) is 0 Å². The van der Waals surface area contributed by atoms with E-state index in [1.165, 1.54) is 5.57 Å². The predicted octanol–water partition coefficient (Wildman–Crippen LogP) is 1.97. The maximum absolute atomic E-state index is 11.0. The highest BCUT2D eigenvalue weighted by Gasteiger charge is 2.26. The van der Waals surface area contributed by atoms with Crippen LogP contribution in [0.5, 0.6) is 0 Å². The summed E-state index contributed by atoms with van der Waals surface area (Å²) in [4.78, 5) is 11.0. The molecule has 1 aliphatic heterocycles. The lowest BCUT2D eigenvalue weighted by Gasteiger charge is -2.25. The van der Waals surface area contributed by atoms with Gasteiger partial charge in [-0.05, 0) is 19.8 Å². The fraction of sp³-hybridized carbons (Fsp3) is 0.583. The van der Waals surface area contributed by atoms with Gasteiger partial charge >= 0.3 is 5.97 Å². The number of rotatable bonds is 4. The van der Waals surface area contributed by atoms with Gasteiger partial charge in [0, 0.05) is 6.42 Å². The summed E-state index contributed by atoms with van der Waals surface area (Å²) in [5.41, 5.74) is 1.21. The highest BCUT2D eigenvalue weighted by atomic mass is 16.5. The van der Waals surface area contributed by atoms with E-state index in [9.17, 15) is 9.90 Å². The molecule has 84 valence electrons. The number of hydrogen-bond acceptors (Lipinski definition) is 3. The quantitative estimate of drug-likeness (QED) is 0.570. The van der Waals surface area contributed by atoms with Crippen LogP contribution in [0.3, 0.4) is 0 Å². The lowest BCUT2D eigenvalue weighted by atomic mass is 9.99. The lowest BCUT2D eigenvalue weighted by Crippen LogP contribution is -2.32. The zero-order valence-electron chi connectivity index (χ0n) is 9.11. The molecule has 0 spiro atoms. The Morgan fingerprint density at radius 3 is 3.07 bits per heavy atom. The Balaban J connectivity index is 2.35. The fourth-order valence-electron chi connectivity index (χ4n) is 1.71. The molecule has 0 saturated carbocycles. The van der Waals surface area contributed by atoms with Crippen LogP contribution in [-0.4, -0.2) is 23.3 Å². The average molecular weight is 210 g/mol. The number of esters is 1. The van der Waals surface area contributed by atoms with Gasteiger partial charge < -0.3 is 9.84 Å². The summed E-state index contributed by atoms with van der Waals surface area (Å²) >= 11 is 0. The van der Waals surface area contributed by atoms with E-state index in [1.54, 1.807) is 6.08 Å². The molecule has 1 saturated heterocycles. The topological polar surface area (TPSA) is 46.5 Å². The van der Waals surface area contributed by atoms with E-state index in [2.05, 4.69) is 6.58 Å². The molecule has 3 nitrogen and oxygen atoms in total. The van der Waals surface area contributed by atoms with Crippen LogP contribution in [0.2, 0.25) is 0 Å². The molecular weight excluding hydrogens is 192 g/mol. The van der Waals surface area contributed by atoms with Gasteiger partial charge in [-0.3, -0.25) is 4.79 Å². The maximum Gasteiger partial charge on any atom is 0.308 e. The van der Waals surface area contributed by atoms with Crippen LogP contribution in [0.4, 0.5) is 0 Å². The third-order valence-corrected chi connectivity index (χ3v) is 2.50. The zero-order chi connectivity index (χ0) is 11.3. The molecule has 3 heteroatoms. The molecule has 1 fully saturated rings. The molecule has 0 aliphatic carbocycles. The van der Waals surface area contributed by atoms with Crippen LogP contribution >= 0.6 is 0 Å². The molecule has 0 radical (unpaired) electrons. The van der Waals surface area contributed by atoms with Gasteiger partial charge in [0.2, 0.25) is 0 Å². The first-order valence-corrected chi connectivity index (χ1v) is 5.27. The molecular formula is C12H18O3. The van der Waals surface area contributed by atoms with E-state index in [1.807, 2.05) is 13.0 Å². The SMILES string of the molecule is C=C/C=C(\C)CC[C@@H]1C[C@H](O)CC(=O)O1. The number of aliphatic hydroxyl groups excluding tert-OH is 1. The van der Waals surface area contributed by atoms with E-state index in [0.717, 1.165) is 12.8 Å². The number of cyclic esters (lactones) is 1. The van der Waals surface area contributed by atoms with Crippen LogP contribution in [-0.2, 0) is 9.53 Å². The molecule has 1 N–H and O–H groups in total. The highest BCUT2D eigenvalue weighted by Crippen LogP contribution is 2.20. The minimum atomic E-state index is -0.528. The van der Waals surface area contributed by atoms with Crippen molar-refractivity contribution in [3.8, 4) is 0 Å². The number of carbonyl (C=O) groups is 1. The Kier molecular flexibility index (Phi) is 4.56. The molecule has 0 bridgehead atoms. The van der Waals surface area contributed by atoms with Crippen LogP contribution in [0.1, 0.15) is 32.6 Å². The van der Waals surface area contributed by atoms with Crippen molar-refractivity contribution >= 4 is 5.97 Å². The molecule has 2 atom stereocenters. The van der Waals surface area contributed by atoms with Gasteiger partial charge in [0.15, 0.2) is 0 Å². The van der Waals surface area contributed by atoms with E-state index >= 15 is 0 Å². The standard InChI is InChI=1S/C12H18O3/c1-3-4-9(2)5-6-11-7-10(13)8-12(14)15-11/h3-4,10-11,13H,1,5-8H2,2H3/b9-4+/t10-,11+/m0/s1. The Labute approximate surface area is 90.4 Å². The molecule has 0 unspecified atom stereocenters. The van der Waals surface area contributed by atoms with Crippen molar-refractivity contribution in [2.75, 3.05) is 0 Å². The van der Waals surface area contributed by atoms with Crippen molar-refractivity contribution in [3.05, 3.63) is 24.3 Å². The van der Waals surface area contributed by atoms with Gasteiger partial charge in [-0.2, -0.15) is 0 Å². The highest BCUT2D eigenvalue weighted by molar-refractivity contribution is 5.70. The fourth-order valence-corrected chi connectivity index (χ4v) is 1.71. The Morgan fingerprint density at radius 2 is 2.47 bits per heavy atom. The van der Waals surface area contributed by atoms with Crippen LogP contribution < -0.4 is 0 Å². The minimum absolute atomic E-state index is 0.130. The predicted molar refractivity (Wildman–Crippen MR) is 58.3 cm³/mol. The summed E-state index contributed by atoms with van der Waals surface area (Å²) in [6.07, 6.45) is 5.38. The smallest absolute Gasteiger partial charge is 0.308 e. The summed E-state index contributed by atoms with van der Waals surface area (Å²) < 4.78 is 5.13. The molecule has 0 amide bonds. The third-order valence-electron chi connectivity index (χ3n) is 2.50. The number of aliphatic hydroxyl groups is 1. The van der Waals surface area contributed by atoms with Crippen molar-refractivity contribution in [2.24, 2.45) is 0 Å². The summed E-state index contributed by atoms with van der Waals surface area (Å²) in [5, 5.41) is 9.39. The van der Waals surface area contributed by atoms with Gasteiger partial charge in [-0.1, -0.05) is 24.3 Å². The van der Waals surface area contributed by atoms with E-state index < -0.39 is 6.10 Å². The van der Waals surface area contributed by atoms with Crippen molar-refractivity contribution < 1.29 is 14.6 Å². The summed E-state index contributed by atoms with van der Waals surface area (Å²) in [6, 6.07) is 0. The first-order chi connectivity index (χ1) is 7.11. The van der Waals surface area contributed by atoms with Gasteiger partial charge in [0.25, 0.3) is 0 Å². The van der Waals surface area contributed by atoms with E-state index in [0.29, 0.717) is 6.42 Å². The second-order valence-electron chi connectivity index (χ2n) is 3.99. The summed E-state index contributed by atoms with van der Waals surface area (Å²) in [5.74, 6) is -0.288. The van der Waals surface area contributed by atoms with Gasteiger partial charge in [0.05, 0.1) is 12.5 Å². The molecule has 0 aromatic rings. The van der Waals surface area contributed by atoms with Gasteiger partial charge in [-0.25, -0.2) is 0 Å². The first kappa shape index (κ1) is 12.0. The monoisotopic (exact) mass is 210 g/mol. The Hall–Kier alpha value is -1.09. The molecule has 1 aliphatic rings. The first-order valence-electron chi connectivity index (χ1n) is 5.27. The van der Waals surface area contributed by atoms with Crippen LogP contribution in [0.25, 0.3) is 0 Å². The molecule has 1 heterocycles. The molecule has 15 heavy (non-hydrogen) atoms. The maximum atomic E-state index is 11.0. The minimum Gasteiger partial charge on any atom is -0.462 e. The van der Waals surface area contributed by atoms with Crippen molar-refractivity contribution in [1.82, 2.24) is 0 Å². The second kappa shape index (κ2) is 5.71. The third kappa shape index (κ3) is 4.30. The Morgan fingerprint density at radius 1 is 1.73 bits per heavy atom. The van der Waals surface area contributed by atoms with Crippen LogP contribution in [0, 0.1) is 0 Å². The lowest BCUT2D eigenvalue weighted by molar-refractivity contribution is -0.160. The van der Waals surface area contributed by atoms with Crippen LogP contribution in [0.15, 0.2) is 24.3 Å². The zero-order valence-corrected chi connectivity index (χ0v) is 9.11. The summed E-state index contributed by atoms with van der Waals surface area (Å²) in [6.45, 7) is 5.63. The van der Waals surface area contributed by atoms with Crippen molar-refractivity contribution in [2.45, 2.75) is 44.8 Å². The molecule has 1 rings (SSSR count). The van der Waals surface area contributed by atoms with Crippen molar-refractivity contribution in [3.63, 3.8) is 0 Å². The molecule has 0 aromatic carbocycles. The number of hydrogen-bond donors (Lipinski definition) is 1. The summed E-state index contributed by atoms with van der Waals surface area (Å²) in [7, 11) is 0. The normalized spacial score (nSPS) is 27.3. The van der Waals surface area contributed by atoms with E-state index in [4.69, 9.17) is 4.74 Å². The molecule has 0 aromatic heterocycles. The number of allylic oxidation sites excluding steroid dienone is 3. The van der Waals surface area contributed by atoms with Gasteiger partial charge in [-0.15, -0.1) is 0 Å². The number of carbonyl (C=O) groups excluding carboxylic acids is 1. The number of ether oxygens (including phenoxy) is 1. The van der Waals surface area contributed by atoms with E-state index in [-0.39, 0.29) is 18.5 Å². The Bertz CT molecular complexity index is 268. The average Bonchev–Trinajstić information content (AvgIpc) is 2.14.